The van der Waals surface area contributed by atoms with Crippen LogP contribution in [0.15, 0.2) is 59.5 Å². The topological polar surface area (TPSA) is 82.0 Å². The van der Waals surface area contributed by atoms with Crippen LogP contribution in [0.3, 0.4) is 0 Å². The summed E-state index contributed by atoms with van der Waals surface area (Å²) < 4.78 is 19.0. The minimum Gasteiger partial charge on any atom is -0.495 e. The molecule has 2 heterocycles. The number of benzene rings is 2. The highest BCUT2D eigenvalue weighted by Crippen LogP contribution is 2.35. The van der Waals surface area contributed by atoms with E-state index < -0.39 is 0 Å². The normalized spacial score (nSPS) is 14.3. The van der Waals surface area contributed by atoms with Crippen LogP contribution >= 0.6 is 24.0 Å². The zero-order valence-electron chi connectivity index (χ0n) is 20.9. The summed E-state index contributed by atoms with van der Waals surface area (Å²) >= 11 is 6.75. The zero-order valence-corrected chi connectivity index (χ0v) is 22.6. The summed E-state index contributed by atoms with van der Waals surface area (Å²) in [7, 11) is 1.54. The molecule has 1 aliphatic heterocycles. The van der Waals surface area contributed by atoms with Crippen LogP contribution < -0.4 is 24.5 Å². The third kappa shape index (κ3) is 5.81. The number of nitrogens with zero attached hydrogens (tertiary/aromatic N) is 2. The van der Waals surface area contributed by atoms with Crippen molar-refractivity contribution in [1.82, 2.24) is 4.68 Å². The van der Waals surface area contributed by atoms with Crippen molar-refractivity contribution in [3.63, 3.8) is 0 Å². The molecule has 1 fully saturated rings. The summed E-state index contributed by atoms with van der Waals surface area (Å²) in [6, 6.07) is 16.3. The van der Waals surface area contributed by atoms with Crippen LogP contribution in [-0.4, -0.2) is 41.1 Å². The van der Waals surface area contributed by atoms with E-state index in [2.05, 4.69) is 5.32 Å². The molecule has 4 rings (SSSR count). The molecule has 192 valence electrons. The summed E-state index contributed by atoms with van der Waals surface area (Å²) in [5.74, 6) is 0.913. The monoisotopic (exact) mass is 537 g/mol. The van der Waals surface area contributed by atoms with Crippen molar-refractivity contribution in [1.29, 1.82) is 0 Å². The number of aromatic nitrogens is 1. The summed E-state index contributed by atoms with van der Waals surface area (Å²) in [6.45, 7) is 5.91. The van der Waals surface area contributed by atoms with Crippen LogP contribution in [0.1, 0.15) is 23.9 Å². The SMILES string of the molecule is CCOc1cc(/C=C2\SC(=S)N(n3c(C)ccc3C)C2=O)ccc1OCC(=O)Nc1ccccc1OC. The van der Waals surface area contributed by atoms with Gasteiger partial charge >= 0.3 is 0 Å². The number of ether oxygens (including phenoxy) is 3. The van der Waals surface area contributed by atoms with Crippen LogP contribution in [0, 0.1) is 13.8 Å². The molecule has 37 heavy (non-hydrogen) atoms. The smallest absolute Gasteiger partial charge is 0.285 e. The zero-order chi connectivity index (χ0) is 26.5. The number of amides is 2. The van der Waals surface area contributed by atoms with Crippen molar-refractivity contribution >= 4 is 51.9 Å². The first kappa shape index (κ1) is 26.3. The van der Waals surface area contributed by atoms with Gasteiger partial charge in [0.25, 0.3) is 11.8 Å². The molecule has 0 aliphatic carbocycles. The number of hydrogen-bond acceptors (Lipinski definition) is 7. The Kier molecular flexibility index (Phi) is 8.20. The highest BCUT2D eigenvalue weighted by atomic mass is 32.2. The molecule has 0 unspecified atom stereocenters. The van der Waals surface area contributed by atoms with Gasteiger partial charge < -0.3 is 19.5 Å². The maximum atomic E-state index is 13.2. The number of anilines is 1. The average Bonchev–Trinajstić information content (AvgIpc) is 3.34. The number of carbonyl (C=O) groups excluding carboxylic acids is 2. The fourth-order valence-electron chi connectivity index (χ4n) is 3.84. The second-order valence-corrected chi connectivity index (χ2v) is 9.77. The highest BCUT2D eigenvalue weighted by molar-refractivity contribution is 8.27. The predicted molar refractivity (Wildman–Crippen MR) is 150 cm³/mol. The van der Waals surface area contributed by atoms with Gasteiger partial charge in [0.2, 0.25) is 0 Å². The first-order valence-corrected chi connectivity index (χ1v) is 12.8. The number of para-hydroxylation sites is 2. The van der Waals surface area contributed by atoms with Crippen molar-refractivity contribution < 1.29 is 23.8 Å². The number of thioether (sulfide) groups is 1. The molecule has 2 amide bonds. The second kappa shape index (κ2) is 11.5. The number of thiocarbonyl (C=S) groups is 1. The minimum atomic E-state index is -0.338. The third-order valence-electron chi connectivity index (χ3n) is 5.51. The molecule has 3 aromatic rings. The Morgan fingerprint density at radius 2 is 1.76 bits per heavy atom. The Morgan fingerprint density at radius 3 is 2.46 bits per heavy atom. The van der Waals surface area contributed by atoms with Crippen LogP contribution in [0.5, 0.6) is 17.2 Å². The lowest BCUT2D eigenvalue weighted by Crippen LogP contribution is -2.39. The molecule has 1 aliphatic rings. The molecule has 0 saturated carbocycles. The number of hydrogen-bond donors (Lipinski definition) is 1. The first-order chi connectivity index (χ1) is 17.8. The molecule has 0 radical (unpaired) electrons. The molecule has 8 nitrogen and oxygen atoms in total. The van der Waals surface area contributed by atoms with E-state index in [0.717, 1.165) is 17.0 Å². The van der Waals surface area contributed by atoms with Gasteiger partial charge in [-0.1, -0.05) is 30.0 Å². The van der Waals surface area contributed by atoms with Crippen LogP contribution in [0.25, 0.3) is 6.08 Å². The van der Waals surface area contributed by atoms with Gasteiger partial charge in [0.05, 0.1) is 24.3 Å². The van der Waals surface area contributed by atoms with Gasteiger partial charge in [0.15, 0.2) is 22.4 Å². The van der Waals surface area contributed by atoms with E-state index in [1.54, 1.807) is 42.5 Å². The summed E-state index contributed by atoms with van der Waals surface area (Å²) in [5, 5.41) is 4.29. The van der Waals surface area contributed by atoms with E-state index in [1.807, 2.05) is 43.6 Å². The van der Waals surface area contributed by atoms with Crippen molar-refractivity contribution in [2.75, 3.05) is 30.6 Å². The number of carbonyl (C=O) groups is 2. The number of aryl methyl sites for hydroxylation is 2. The largest absolute Gasteiger partial charge is 0.495 e. The van der Waals surface area contributed by atoms with Gasteiger partial charge in [-0.05, 0) is 81.0 Å². The Morgan fingerprint density at radius 1 is 1.03 bits per heavy atom. The molecule has 10 heteroatoms. The fraction of sp³-hybridized carbons (Fsp3) is 0.222. The van der Waals surface area contributed by atoms with Gasteiger partial charge in [0, 0.05) is 11.4 Å². The summed E-state index contributed by atoms with van der Waals surface area (Å²) in [5.41, 5.74) is 3.15. The molecule has 2 aromatic carbocycles. The number of rotatable bonds is 9. The molecule has 1 N–H and O–H groups in total. The van der Waals surface area contributed by atoms with Gasteiger partial charge in [-0.3, -0.25) is 14.3 Å². The lowest BCUT2D eigenvalue weighted by Gasteiger charge is -2.20. The maximum absolute atomic E-state index is 13.2. The fourth-order valence-corrected chi connectivity index (χ4v) is 5.08. The van der Waals surface area contributed by atoms with Crippen LogP contribution in [0.4, 0.5) is 5.69 Å². The quantitative estimate of drug-likeness (QED) is 0.302. The summed E-state index contributed by atoms with van der Waals surface area (Å²) in [4.78, 5) is 26.2. The number of nitrogens with one attached hydrogen (secondary N) is 1. The Labute approximate surface area is 225 Å². The summed E-state index contributed by atoms with van der Waals surface area (Å²) in [6.07, 6.45) is 1.77. The Hall–Kier alpha value is -3.76. The van der Waals surface area contributed by atoms with Crippen LogP contribution in [-0.2, 0) is 9.59 Å². The standard InChI is InChI=1S/C27H27N3O5S2/c1-5-34-23-14-19(15-24-26(32)30(27(36)37-24)29-17(2)10-11-18(29)3)12-13-22(23)35-16-25(31)28-20-8-6-7-9-21(20)33-4/h6-15H,5,16H2,1-4H3,(H,28,31)/b24-15-. The average molecular weight is 538 g/mol. The molecule has 1 aromatic heterocycles. The van der Waals surface area contributed by atoms with E-state index in [0.29, 0.717) is 38.8 Å². The number of methoxy groups -OCH3 is 1. The molecular formula is C27H27N3O5S2. The molecule has 0 atom stereocenters. The molecule has 0 spiro atoms. The van der Waals surface area contributed by atoms with Crippen molar-refractivity contribution in [3.8, 4) is 17.2 Å². The first-order valence-electron chi connectivity index (χ1n) is 11.6. The maximum Gasteiger partial charge on any atom is 0.285 e. The second-order valence-electron chi connectivity index (χ2n) is 8.10. The Bertz CT molecular complexity index is 1360. The molecule has 1 saturated heterocycles. The van der Waals surface area contributed by atoms with E-state index >= 15 is 0 Å². The van der Waals surface area contributed by atoms with E-state index in [-0.39, 0.29) is 18.4 Å². The minimum absolute atomic E-state index is 0.191. The highest BCUT2D eigenvalue weighted by Gasteiger charge is 2.34. The van der Waals surface area contributed by atoms with Gasteiger partial charge in [-0.15, -0.1) is 0 Å². The van der Waals surface area contributed by atoms with Gasteiger partial charge in [-0.25, -0.2) is 0 Å². The van der Waals surface area contributed by atoms with Crippen molar-refractivity contribution in [2.45, 2.75) is 20.8 Å². The van der Waals surface area contributed by atoms with Crippen LogP contribution in [0.2, 0.25) is 0 Å². The van der Waals surface area contributed by atoms with Crippen molar-refractivity contribution in [2.24, 2.45) is 0 Å². The Balaban J connectivity index is 1.49. The van der Waals surface area contributed by atoms with Crippen molar-refractivity contribution in [3.05, 3.63) is 76.5 Å². The predicted octanol–water partition coefficient (Wildman–Crippen LogP) is 5.07. The molecule has 0 bridgehead atoms. The van der Waals surface area contributed by atoms with E-state index in [4.69, 9.17) is 26.4 Å². The molecular weight excluding hydrogens is 510 g/mol. The van der Waals surface area contributed by atoms with Gasteiger partial charge in [0.1, 0.15) is 5.75 Å². The lowest BCUT2D eigenvalue weighted by molar-refractivity contribution is -0.118. The van der Waals surface area contributed by atoms with Gasteiger partial charge in [-0.2, -0.15) is 5.01 Å². The van der Waals surface area contributed by atoms with E-state index in [9.17, 15) is 9.59 Å². The third-order valence-corrected chi connectivity index (χ3v) is 6.80. The van der Waals surface area contributed by atoms with E-state index in [1.165, 1.54) is 23.9 Å². The lowest BCUT2D eigenvalue weighted by atomic mass is 10.2.